The Hall–Kier alpha value is -0.590. The first-order valence-electron chi connectivity index (χ1n) is 5.98. The van der Waals surface area contributed by atoms with Crippen LogP contribution < -0.4 is 5.73 Å². The van der Waals surface area contributed by atoms with E-state index in [9.17, 15) is 4.79 Å². The third-order valence-electron chi connectivity index (χ3n) is 2.20. The van der Waals surface area contributed by atoms with Gasteiger partial charge in [-0.3, -0.25) is 4.79 Å². The van der Waals surface area contributed by atoms with Crippen molar-refractivity contribution in [2.24, 2.45) is 5.73 Å². The summed E-state index contributed by atoms with van der Waals surface area (Å²) in [7, 11) is 0. The van der Waals surface area contributed by atoms with Crippen LogP contribution in [-0.2, 0) is 15.3 Å². The molecule has 1 rings (SSSR count). The Morgan fingerprint density at radius 1 is 1.61 bits per heavy atom. The van der Waals surface area contributed by atoms with Crippen LogP contribution >= 0.6 is 23.1 Å². The van der Waals surface area contributed by atoms with Crippen LogP contribution in [0.25, 0.3) is 0 Å². The van der Waals surface area contributed by atoms with Gasteiger partial charge < -0.3 is 10.5 Å². The SMILES string of the molecule is CCOC(=O)C(N)CSCc1csc(C(C)C)n1. The Morgan fingerprint density at radius 2 is 2.33 bits per heavy atom. The summed E-state index contributed by atoms with van der Waals surface area (Å²) in [6, 6.07) is -0.543. The van der Waals surface area contributed by atoms with E-state index < -0.39 is 6.04 Å². The van der Waals surface area contributed by atoms with Crippen LogP contribution in [0.4, 0.5) is 0 Å². The summed E-state index contributed by atoms with van der Waals surface area (Å²) in [5, 5.41) is 3.22. The van der Waals surface area contributed by atoms with Crippen LogP contribution in [0.3, 0.4) is 0 Å². The normalized spacial score (nSPS) is 12.7. The lowest BCUT2D eigenvalue weighted by molar-refractivity contribution is -0.144. The number of hydrogen-bond donors (Lipinski definition) is 1. The quantitative estimate of drug-likeness (QED) is 0.780. The number of esters is 1. The first kappa shape index (κ1) is 15.5. The Labute approximate surface area is 116 Å². The second-order valence-corrected chi connectivity index (χ2v) is 6.13. The van der Waals surface area contributed by atoms with Gasteiger partial charge in [-0.1, -0.05) is 13.8 Å². The van der Waals surface area contributed by atoms with Crippen molar-refractivity contribution in [2.45, 2.75) is 38.5 Å². The molecule has 0 aliphatic rings. The third kappa shape index (κ3) is 4.96. The number of thioether (sulfide) groups is 1. The molecule has 0 amide bonds. The molecule has 6 heteroatoms. The van der Waals surface area contributed by atoms with Crippen LogP contribution in [0, 0.1) is 0 Å². The van der Waals surface area contributed by atoms with E-state index in [1.165, 1.54) is 0 Å². The predicted molar refractivity (Wildman–Crippen MR) is 77.0 cm³/mol. The van der Waals surface area contributed by atoms with Gasteiger partial charge in [-0.05, 0) is 6.92 Å². The fraction of sp³-hybridized carbons (Fsp3) is 0.667. The molecule has 0 saturated carbocycles. The Morgan fingerprint density at radius 3 is 2.89 bits per heavy atom. The lowest BCUT2D eigenvalue weighted by Gasteiger charge is -2.09. The van der Waals surface area contributed by atoms with Crippen molar-refractivity contribution < 1.29 is 9.53 Å². The molecule has 1 aromatic heterocycles. The molecule has 18 heavy (non-hydrogen) atoms. The van der Waals surface area contributed by atoms with Crippen LogP contribution in [0.2, 0.25) is 0 Å². The lowest BCUT2D eigenvalue weighted by Crippen LogP contribution is -2.34. The molecule has 0 radical (unpaired) electrons. The molecule has 4 nitrogen and oxygen atoms in total. The summed E-state index contributed by atoms with van der Waals surface area (Å²) in [5.41, 5.74) is 6.77. The molecule has 1 unspecified atom stereocenters. The number of nitrogens with two attached hydrogens (primary N) is 1. The molecular weight excluding hydrogens is 268 g/mol. The van der Waals surface area contributed by atoms with Gasteiger partial charge in [0.25, 0.3) is 0 Å². The number of rotatable bonds is 7. The number of thiazole rings is 1. The van der Waals surface area contributed by atoms with E-state index in [1.807, 2.05) is 0 Å². The Kier molecular flexibility index (Phi) is 6.67. The van der Waals surface area contributed by atoms with E-state index in [2.05, 4.69) is 24.2 Å². The highest BCUT2D eigenvalue weighted by Crippen LogP contribution is 2.21. The number of nitrogens with zero attached hydrogens (tertiary/aromatic N) is 1. The Bertz CT molecular complexity index is 380. The summed E-state index contributed by atoms with van der Waals surface area (Å²) in [4.78, 5) is 15.8. The number of aromatic nitrogens is 1. The molecule has 102 valence electrons. The van der Waals surface area contributed by atoms with Gasteiger partial charge in [0.1, 0.15) is 6.04 Å². The highest BCUT2D eigenvalue weighted by molar-refractivity contribution is 7.98. The van der Waals surface area contributed by atoms with E-state index in [-0.39, 0.29) is 5.97 Å². The second kappa shape index (κ2) is 7.76. The predicted octanol–water partition coefficient (Wildman–Crippen LogP) is 2.39. The molecule has 0 aliphatic heterocycles. The lowest BCUT2D eigenvalue weighted by atomic mass is 10.2. The maximum absolute atomic E-state index is 11.3. The van der Waals surface area contributed by atoms with Crippen molar-refractivity contribution >= 4 is 29.1 Å². The van der Waals surface area contributed by atoms with Gasteiger partial charge in [0.15, 0.2) is 0 Å². The van der Waals surface area contributed by atoms with Crippen molar-refractivity contribution in [1.82, 2.24) is 4.98 Å². The molecule has 1 heterocycles. The minimum atomic E-state index is -0.543. The average Bonchev–Trinajstić information content (AvgIpc) is 2.78. The fourth-order valence-corrected chi connectivity index (χ4v) is 3.07. The van der Waals surface area contributed by atoms with E-state index in [4.69, 9.17) is 10.5 Å². The number of hydrogen-bond acceptors (Lipinski definition) is 6. The molecule has 0 saturated heterocycles. The Balaban J connectivity index is 2.30. The van der Waals surface area contributed by atoms with Gasteiger partial charge in [0.05, 0.1) is 17.3 Å². The van der Waals surface area contributed by atoms with Crippen LogP contribution in [0.15, 0.2) is 5.38 Å². The number of carbonyl (C=O) groups excluding carboxylic acids is 1. The number of carbonyl (C=O) groups is 1. The van der Waals surface area contributed by atoms with Crippen LogP contribution in [0.5, 0.6) is 0 Å². The third-order valence-corrected chi connectivity index (χ3v) is 4.49. The zero-order chi connectivity index (χ0) is 13.5. The zero-order valence-corrected chi connectivity index (χ0v) is 12.6. The highest BCUT2D eigenvalue weighted by Gasteiger charge is 2.14. The maximum Gasteiger partial charge on any atom is 0.323 e. The van der Waals surface area contributed by atoms with Crippen molar-refractivity contribution in [2.75, 3.05) is 12.4 Å². The minimum Gasteiger partial charge on any atom is -0.465 e. The van der Waals surface area contributed by atoms with Crippen LogP contribution in [0.1, 0.15) is 37.4 Å². The van der Waals surface area contributed by atoms with Crippen molar-refractivity contribution in [3.63, 3.8) is 0 Å². The monoisotopic (exact) mass is 288 g/mol. The summed E-state index contributed by atoms with van der Waals surface area (Å²) in [6.45, 7) is 6.42. The van der Waals surface area contributed by atoms with Gasteiger partial charge in [-0.15, -0.1) is 11.3 Å². The zero-order valence-electron chi connectivity index (χ0n) is 11.0. The largest absolute Gasteiger partial charge is 0.465 e. The molecule has 0 spiro atoms. The summed E-state index contributed by atoms with van der Waals surface area (Å²) < 4.78 is 4.85. The average molecular weight is 288 g/mol. The van der Waals surface area contributed by atoms with Crippen LogP contribution in [-0.4, -0.2) is 29.4 Å². The molecule has 1 atom stereocenters. The molecule has 0 aromatic carbocycles. The molecular formula is C12H20N2O2S2. The standard InChI is InChI=1S/C12H20N2O2S2/c1-4-16-12(15)10(13)7-17-5-9-6-18-11(14-9)8(2)3/h6,8,10H,4-5,7,13H2,1-3H3. The summed E-state index contributed by atoms with van der Waals surface area (Å²) in [6.07, 6.45) is 0. The van der Waals surface area contributed by atoms with Gasteiger partial charge in [-0.25, -0.2) is 4.98 Å². The molecule has 2 N–H and O–H groups in total. The topological polar surface area (TPSA) is 65.2 Å². The van der Waals surface area contributed by atoms with E-state index in [0.29, 0.717) is 18.3 Å². The minimum absolute atomic E-state index is 0.328. The second-order valence-electron chi connectivity index (χ2n) is 4.21. The van der Waals surface area contributed by atoms with Gasteiger partial charge >= 0.3 is 5.97 Å². The van der Waals surface area contributed by atoms with E-state index in [0.717, 1.165) is 16.5 Å². The summed E-state index contributed by atoms with van der Waals surface area (Å²) in [5.74, 6) is 1.49. The maximum atomic E-state index is 11.3. The van der Waals surface area contributed by atoms with E-state index >= 15 is 0 Å². The van der Waals surface area contributed by atoms with E-state index in [1.54, 1.807) is 30.0 Å². The van der Waals surface area contributed by atoms with Gasteiger partial charge in [0, 0.05) is 22.8 Å². The molecule has 1 aromatic rings. The molecule has 0 bridgehead atoms. The van der Waals surface area contributed by atoms with Crippen molar-refractivity contribution in [3.8, 4) is 0 Å². The fourth-order valence-electron chi connectivity index (χ4n) is 1.26. The smallest absolute Gasteiger partial charge is 0.323 e. The van der Waals surface area contributed by atoms with Gasteiger partial charge in [0.2, 0.25) is 0 Å². The summed E-state index contributed by atoms with van der Waals surface area (Å²) >= 11 is 3.30. The highest BCUT2D eigenvalue weighted by atomic mass is 32.2. The van der Waals surface area contributed by atoms with Crippen molar-refractivity contribution in [1.29, 1.82) is 0 Å². The van der Waals surface area contributed by atoms with Crippen molar-refractivity contribution in [3.05, 3.63) is 16.1 Å². The first-order chi connectivity index (χ1) is 8.54. The first-order valence-corrected chi connectivity index (χ1v) is 8.02. The number of ether oxygens (including phenoxy) is 1. The van der Waals surface area contributed by atoms with Gasteiger partial charge in [-0.2, -0.15) is 11.8 Å². The molecule has 0 fully saturated rings. The molecule has 0 aliphatic carbocycles.